The van der Waals surface area contributed by atoms with Crippen molar-refractivity contribution in [3.8, 4) is 6.07 Å². The molecule has 0 N–H and O–H groups in total. The summed E-state index contributed by atoms with van der Waals surface area (Å²) >= 11 is 4.88. The predicted octanol–water partition coefficient (Wildman–Crippen LogP) is 4.90. The number of nitriles is 1. The Hall–Kier alpha value is -3.02. The molecular formula is C24H21BrN4O2S. The van der Waals surface area contributed by atoms with Crippen molar-refractivity contribution in [2.24, 2.45) is 0 Å². The molecule has 0 aliphatic carbocycles. The molecule has 6 nitrogen and oxygen atoms in total. The first-order chi connectivity index (χ1) is 15.6. The Kier molecular flexibility index (Phi) is 6.98. The number of aldehydes is 1. The van der Waals surface area contributed by atoms with Gasteiger partial charge in [0.05, 0.1) is 14.2 Å². The number of thiophene rings is 1. The molecule has 4 rings (SSSR count). The molecule has 2 aromatic heterocycles. The number of amides is 1. The normalized spacial score (nSPS) is 14.1. The lowest BCUT2D eigenvalue weighted by Crippen LogP contribution is -2.47. The van der Waals surface area contributed by atoms with Crippen LogP contribution in [0.15, 0.2) is 58.5 Å². The second-order valence-corrected chi connectivity index (χ2v) is 10.1. The van der Waals surface area contributed by atoms with Crippen LogP contribution in [0.1, 0.15) is 44.0 Å². The van der Waals surface area contributed by atoms with Crippen LogP contribution in [0.25, 0.3) is 0 Å². The van der Waals surface area contributed by atoms with Crippen molar-refractivity contribution in [3.63, 3.8) is 0 Å². The molecule has 32 heavy (non-hydrogen) atoms. The van der Waals surface area contributed by atoms with Gasteiger partial charge in [0.15, 0.2) is 0 Å². The molecule has 162 valence electrons. The number of anilines is 1. The van der Waals surface area contributed by atoms with Crippen LogP contribution in [-0.4, -0.2) is 41.2 Å². The zero-order chi connectivity index (χ0) is 22.5. The number of rotatable bonds is 6. The third-order valence-electron chi connectivity index (χ3n) is 5.63. The monoisotopic (exact) mass is 508 g/mol. The zero-order valence-corrected chi connectivity index (χ0v) is 19.7. The van der Waals surface area contributed by atoms with E-state index in [1.807, 2.05) is 29.2 Å². The molecule has 1 saturated heterocycles. The van der Waals surface area contributed by atoms with Crippen LogP contribution < -0.4 is 4.90 Å². The molecule has 1 aliphatic heterocycles. The standard InChI is InChI=1S/C24H21BrN4O2S/c25-22-8-7-21(32-22)24(31)29(15-17-3-5-18(16-30)6-4-17)20-9-12-28(13-10-20)23-19(14-26)2-1-11-27-23/h1-8,11,16,20H,9-10,12-13,15H2. The molecule has 3 aromatic rings. The fraction of sp³-hybridized carbons (Fsp3) is 0.250. The van der Waals surface area contributed by atoms with Gasteiger partial charge >= 0.3 is 0 Å². The summed E-state index contributed by atoms with van der Waals surface area (Å²) < 4.78 is 0.921. The number of nitrogens with zero attached hydrogens (tertiary/aromatic N) is 4. The second-order valence-electron chi connectivity index (χ2n) is 7.60. The first kappa shape index (κ1) is 22.2. The van der Waals surface area contributed by atoms with Crippen molar-refractivity contribution in [2.75, 3.05) is 18.0 Å². The van der Waals surface area contributed by atoms with Gasteiger partial charge in [0.1, 0.15) is 18.2 Å². The Bertz CT molecular complexity index is 1150. The Labute approximate surface area is 199 Å². The minimum absolute atomic E-state index is 0.00849. The Morgan fingerprint density at radius 1 is 1.22 bits per heavy atom. The average Bonchev–Trinajstić information content (AvgIpc) is 3.29. The lowest BCUT2D eigenvalue weighted by Gasteiger charge is -2.39. The fourth-order valence-electron chi connectivity index (χ4n) is 3.96. The van der Waals surface area contributed by atoms with E-state index in [1.165, 1.54) is 11.3 Å². The van der Waals surface area contributed by atoms with Crippen LogP contribution in [0.5, 0.6) is 0 Å². The molecule has 0 saturated carbocycles. The van der Waals surface area contributed by atoms with Crippen LogP contribution in [0.3, 0.4) is 0 Å². The van der Waals surface area contributed by atoms with Gasteiger partial charge in [-0.3, -0.25) is 9.59 Å². The van der Waals surface area contributed by atoms with Gasteiger partial charge in [0.2, 0.25) is 0 Å². The van der Waals surface area contributed by atoms with Gasteiger partial charge in [-0.05, 0) is 58.6 Å². The van der Waals surface area contributed by atoms with Crippen LogP contribution in [0.2, 0.25) is 0 Å². The minimum atomic E-state index is 0.00849. The van der Waals surface area contributed by atoms with Crippen LogP contribution in [0.4, 0.5) is 5.82 Å². The average molecular weight is 509 g/mol. The van der Waals surface area contributed by atoms with Gasteiger partial charge in [0.25, 0.3) is 5.91 Å². The lowest BCUT2D eigenvalue weighted by atomic mass is 10.0. The minimum Gasteiger partial charge on any atom is -0.355 e. The van der Waals surface area contributed by atoms with Gasteiger partial charge in [0, 0.05) is 37.4 Å². The third-order valence-corrected chi connectivity index (χ3v) is 7.24. The van der Waals surface area contributed by atoms with Gasteiger partial charge in [-0.1, -0.05) is 24.3 Å². The predicted molar refractivity (Wildman–Crippen MR) is 128 cm³/mol. The summed E-state index contributed by atoms with van der Waals surface area (Å²) in [6.07, 6.45) is 4.09. The second kappa shape index (κ2) is 10.1. The van der Waals surface area contributed by atoms with Crippen LogP contribution >= 0.6 is 27.3 Å². The van der Waals surface area contributed by atoms with E-state index in [4.69, 9.17) is 0 Å². The molecule has 8 heteroatoms. The van der Waals surface area contributed by atoms with Crippen molar-refractivity contribution in [1.29, 1.82) is 5.26 Å². The van der Waals surface area contributed by atoms with E-state index in [-0.39, 0.29) is 11.9 Å². The number of carbonyl (C=O) groups excluding carboxylic acids is 2. The van der Waals surface area contributed by atoms with Crippen molar-refractivity contribution < 1.29 is 9.59 Å². The van der Waals surface area contributed by atoms with Gasteiger partial charge < -0.3 is 9.80 Å². The maximum atomic E-state index is 13.4. The number of aromatic nitrogens is 1. The highest BCUT2D eigenvalue weighted by Gasteiger charge is 2.30. The summed E-state index contributed by atoms with van der Waals surface area (Å²) in [6, 6.07) is 16.9. The lowest BCUT2D eigenvalue weighted by molar-refractivity contribution is 0.0635. The topological polar surface area (TPSA) is 77.3 Å². The summed E-state index contributed by atoms with van der Waals surface area (Å²) in [5.74, 6) is 0.715. The first-order valence-electron chi connectivity index (χ1n) is 10.3. The SMILES string of the molecule is N#Cc1cccnc1N1CCC(N(Cc2ccc(C=O)cc2)C(=O)c2ccc(Br)s2)CC1. The van der Waals surface area contributed by atoms with E-state index in [1.54, 1.807) is 30.5 Å². The Morgan fingerprint density at radius 3 is 2.59 bits per heavy atom. The number of benzene rings is 1. The van der Waals surface area contributed by atoms with Crippen LogP contribution in [-0.2, 0) is 6.54 Å². The highest BCUT2D eigenvalue weighted by molar-refractivity contribution is 9.11. The summed E-state index contributed by atoms with van der Waals surface area (Å²) in [5, 5.41) is 9.40. The maximum absolute atomic E-state index is 13.4. The van der Waals surface area contributed by atoms with E-state index >= 15 is 0 Å². The molecule has 1 aromatic carbocycles. The largest absolute Gasteiger partial charge is 0.355 e. The molecule has 0 atom stereocenters. The van der Waals surface area contributed by atoms with Gasteiger partial charge in [-0.25, -0.2) is 4.98 Å². The zero-order valence-electron chi connectivity index (χ0n) is 17.3. The molecule has 0 spiro atoms. The highest BCUT2D eigenvalue weighted by atomic mass is 79.9. The number of hydrogen-bond donors (Lipinski definition) is 0. The van der Waals surface area contributed by atoms with E-state index in [2.05, 4.69) is 31.9 Å². The molecule has 0 unspecified atom stereocenters. The number of halogens is 1. The quantitative estimate of drug-likeness (QED) is 0.442. The van der Waals surface area contributed by atoms with Crippen molar-refractivity contribution in [2.45, 2.75) is 25.4 Å². The van der Waals surface area contributed by atoms with Crippen molar-refractivity contribution in [1.82, 2.24) is 9.88 Å². The Balaban J connectivity index is 1.54. The van der Waals surface area contributed by atoms with E-state index in [9.17, 15) is 14.9 Å². The number of carbonyl (C=O) groups is 2. The number of pyridine rings is 1. The fourth-order valence-corrected chi connectivity index (χ4v) is 5.30. The summed E-state index contributed by atoms with van der Waals surface area (Å²) in [4.78, 5) is 33.6. The molecule has 3 heterocycles. The number of piperidine rings is 1. The summed E-state index contributed by atoms with van der Waals surface area (Å²) in [6.45, 7) is 1.92. The number of hydrogen-bond acceptors (Lipinski definition) is 6. The van der Waals surface area contributed by atoms with E-state index in [0.29, 0.717) is 28.4 Å². The molecular weight excluding hydrogens is 488 g/mol. The summed E-state index contributed by atoms with van der Waals surface area (Å²) in [7, 11) is 0. The molecule has 1 aliphatic rings. The molecule has 1 amide bonds. The van der Waals surface area contributed by atoms with E-state index in [0.717, 1.165) is 41.6 Å². The summed E-state index contributed by atoms with van der Waals surface area (Å²) in [5.41, 5.74) is 2.17. The van der Waals surface area contributed by atoms with Gasteiger partial charge in [-0.15, -0.1) is 11.3 Å². The third kappa shape index (κ3) is 4.90. The molecule has 0 radical (unpaired) electrons. The highest BCUT2D eigenvalue weighted by Crippen LogP contribution is 2.29. The van der Waals surface area contributed by atoms with Gasteiger partial charge in [-0.2, -0.15) is 5.26 Å². The van der Waals surface area contributed by atoms with Crippen molar-refractivity contribution >= 4 is 45.3 Å². The first-order valence-corrected chi connectivity index (χ1v) is 11.9. The molecule has 0 bridgehead atoms. The van der Waals surface area contributed by atoms with E-state index < -0.39 is 0 Å². The smallest absolute Gasteiger partial charge is 0.264 e. The molecule has 1 fully saturated rings. The Morgan fingerprint density at radius 2 is 1.97 bits per heavy atom. The van der Waals surface area contributed by atoms with Crippen LogP contribution in [0, 0.1) is 11.3 Å². The van der Waals surface area contributed by atoms with Crippen molar-refractivity contribution in [3.05, 3.63) is 80.1 Å². The maximum Gasteiger partial charge on any atom is 0.264 e.